The van der Waals surface area contributed by atoms with Crippen molar-refractivity contribution in [2.75, 3.05) is 14.1 Å². The Labute approximate surface area is 121 Å². The normalized spacial score (nSPS) is 17.4. The Kier molecular flexibility index (Phi) is 5.04. The quantitative estimate of drug-likeness (QED) is 0.799. The molecule has 106 valence electrons. The van der Waals surface area contributed by atoms with Crippen LogP contribution in [0.2, 0.25) is 0 Å². The molecule has 19 heavy (non-hydrogen) atoms. The number of thioether (sulfide) groups is 1. The number of ether oxygens (including phenoxy) is 1. The van der Waals surface area contributed by atoms with Crippen LogP contribution in [0, 0.1) is 5.92 Å². The monoisotopic (exact) mass is 301 g/mol. The lowest BCUT2D eigenvalue weighted by Gasteiger charge is -2.18. The van der Waals surface area contributed by atoms with Crippen molar-refractivity contribution in [3.63, 3.8) is 0 Å². The average molecular weight is 301 g/mol. The van der Waals surface area contributed by atoms with Crippen LogP contribution in [0.15, 0.2) is 5.16 Å². The smallest absolute Gasteiger partial charge is 0.294 e. The number of nitrogens with zero attached hydrogens (tertiary/aromatic N) is 3. The lowest BCUT2D eigenvalue weighted by atomic mass is 10.0. The van der Waals surface area contributed by atoms with Crippen molar-refractivity contribution < 1.29 is 9.53 Å². The molecule has 1 fully saturated rings. The first-order valence-electron chi connectivity index (χ1n) is 6.45. The molecular weight excluding hydrogens is 282 g/mol. The van der Waals surface area contributed by atoms with Crippen molar-refractivity contribution in [1.29, 1.82) is 0 Å². The molecule has 1 aromatic rings. The van der Waals surface area contributed by atoms with E-state index >= 15 is 0 Å². The zero-order valence-corrected chi connectivity index (χ0v) is 13.1. The van der Waals surface area contributed by atoms with Crippen molar-refractivity contribution in [3.05, 3.63) is 0 Å². The van der Waals surface area contributed by atoms with Crippen molar-refractivity contribution in [1.82, 2.24) is 14.3 Å². The molecule has 1 heterocycles. The fourth-order valence-corrected chi connectivity index (χ4v) is 3.44. The SMILES string of the molecule is CC(Oc1nc(SC(=O)N(C)C)ns1)C1CCCC1. The second-order valence-electron chi connectivity index (χ2n) is 4.97. The second kappa shape index (κ2) is 6.56. The second-order valence-corrected chi connectivity index (χ2v) is 6.61. The summed E-state index contributed by atoms with van der Waals surface area (Å²) in [5.41, 5.74) is 0. The van der Waals surface area contributed by atoms with E-state index in [0.717, 1.165) is 11.8 Å². The van der Waals surface area contributed by atoms with Gasteiger partial charge in [0.1, 0.15) is 6.10 Å². The summed E-state index contributed by atoms with van der Waals surface area (Å²) in [4.78, 5) is 17.3. The molecule has 0 saturated heterocycles. The van der Waals surface area contributed by atoms with Gasteiger partial charge in [0.05, 0.1) is 0 Å². The third kappa shape index (κ3) is 4.07. The Morgan fingerprint density at radius 3 is 2.79 bits per heavy atom. The molecule has 1 aliphatic rings. The van der Waals surface area contributed by atoms with Gasteiger partial charge in [-0.15, -0.1) is 0 Å². The van der Waals surface area contributed by atoms with Crippen molar-refractivity contribution in [3.8, 4) is 5.19 Å². The first kappa shape index (κ1) is 14.6. The topological polar surface area (TPSA) is 55.3 Å². The maximum Gasteiger partial charge on any atom is 0.294 e. The lowest BCUT2D eigenvalue weighted by molar-refractivity contribution is 0.153. The van der Waals surface area contributed by atoms with E-state index in [4.69, 9.17) is 4.74 Å². The number of aromatic nitrogens is 2. The zero-order valence-electron chi connectivity index (χ0n) is 11.5. The van der Waals surface area contributed by atoms with E-state index < -0.39 is 0 Å². The van der Waals surface area contributed by atoms with Crippen molar-refractivity contribution in [2.24, 2.45) is 5.92 Å². The van der Waals surface area contributed by atoms with Gasteiger partial charge < -0.3 is 9.64 Å². The number of carbonyl (C=O) groups excluding carboxylic acids is 1. The van der Waals surface area contributed by atoms with Gasteiger partial charge in [-0.1, -0.05) is 12.8 Å². The molecule has 1 saturated carbocycles. The molecule has 0 bridgehead atoms. The maximum absolute atomic E-state index is 11.5. The Morgan fingerprint density at radius 1 is 1.47 bits per heavy atom. The first-order valence-corrected chi connectivity index (χ1v) is 8.04. The summed E-state index contributed by atoms with van der Waals surface area (Å²) in [7, 11) is 3.42. The van der Waals surface area contributed by atoms with E-state index in [-0.39, 0.29) is 11.3 Å². The molecule has 1 aliphatic carbocycles. The standard InChI is InChI=1S/C12H19N3O2S2/c1-8(9-6-4-5-7-9)17-11-13-10(14-19-11)18-12(16)15(2)3/h8-9H,4-7H2,1-3H3. The third-order valence-corrected chi connectivity index (χ3v) is 4.91. The zero-order chi connectivity index (χ0) is 13.8. The minimum Gasteiger partial charge on any atom is -0.466 e. The van der Waals surface area contributed by atoms with E-state index in [1.165, 1.54) is 42.1 Å². The Bertz CT molecular complexity index is 430. The summed E-state index contributed by atoms with van der Waals surface area (Å²) < 4.78 is 9.97. The Hall–Kier alpha value is -0.820. The summed E-state index contributed by atoms with van der Waals surface area (Å²) in [6, 6.07) is 0. The highest BCUT2D eigenvalue weighted by atomic mass is 32.2. The summed E-state index contributed by atoms with van der Waals surface area (Å²) in [5, 5.41) is 0.957. The summed E-state index contributed by atoms with van der Waals surface area (Å²) in [6.07, 6.45) is 5.25. The van der Waals surface area contributed by atoms with Crippen LogP contribution in [0.5, 0.6) is 5.19 Å². The first-order chi connectivity index (χ1) is 9.06. The van der Waals surface area contributed by atoms with E-state index in [1.807, 2.05) is 0 Å². The van der Waals surface area contributed by atoms with Gasteiger partial charge in [-0.25, -0.2) is 0 Å². The maximum atomic E-state index is 11.5. The number of hydrogen-bond donors (Lipinski definition) is 0. The van der Waals surface area contributed by atoms with E-state index in [1.54, 1.807) is 14.1 Å². The molecular formula is C12H19N3O2S2. The van der Waals surface area contributed by atoms with Crippen LogP contribution < -0.4 is 4.74 Å². The van der Waals surface area contributed by atoms with E-state index in [0.29, 0.717) is 16.3 Å². The highest BCUT2D eigenvalue weighted by Gasteiger charge is 2.24. The molecule has 1 unspecified atom stereocenters. The molecule has 5 nitrogen and oxygen atoms in total. The van der Waals surface area contributed by atoms with Gasteiger partial charge in [0.2, 0.25) is 5.16 Å². The summed E-state index contributed by atoms with van der Waals surface area (Å²) >= 11 is 2.24. The van der Waals surface area contributed by atoms with Gasteiger partial charge in [0, 0.05) is 37.4 Å². The predicted octanol–water partition coefficient (Wildman–Crippen LogP) is 3.27. The molecule has 1 amide bonds. The minimum atomic E-state index is -0.0757. The largest absolute Gasteiger partial charge is 0.466 e. The molecule has 1 aromatic heterocycles. The van der Waals surface area contributed by atoms with Crippen molar-refractivity contribution in [2.45, 2.75) is 43.9 Å². The lowest BCUT2D eigenvalue weighted by Crippen LogP contribution is -2.21. The number of amides is 1. The number of rotatable bonds is 4. The molecule has 1 atom stereocenters. The molecule has 0 radical (unpaired) electrons. The van der Waals surface area contributed by atoms with Gasteiger partial charge in [0.15, 0.2) is 0 Å². The summed E-state index contributed by atoms with van der Waals surface area (Å²) in [6.45, 7) is 2.09. The number of carbonyl (C=O) groups is 1. The molecule has 0 N–H and O–H groups in total. The third-order valence-electron chi connectivity index (χ3n) is 3.28. The van der Waals surface area contributed by atoms with E-state index in [9.17, 15) is 4.79 Å². The van der Waals surface area contributed by atoms with Crippen LogP contribution in [0.1, 0.15) is 32.6 Å². The Morgan fingerprint density at radius 2 is 2.16 bits per heavy atom. The minimum absolute atomic E-state index is 0.0757. The van der Waals surface area contributed by atoms with Crippen LogP contribution in [0.4, 0.5) is 4.79 Å². The van der Waals surface area contributed by atoms with Gasteiger partial charge >= 0.3 is 0 Å². The molecule has 2 rings (SSSR count). The fourth-order valence-electron chi connectivity index (χ4n) is 2.14. The highest BCUT2D eigenvalue weighted by molar-refractivity contribution is 8.13. The average Bonchev–Trinajstić information content (AvgIpc) is 3.00. The van der Waals surface area contributed by atoms with Gasteiger partial charge in [-0.2, -0.15) is 9.36 Å². The molecule has 0 aliphatic heterocycles. The van der Waals surface area contributed by atoms with Crippen LogP contribution in [-0.2, 0) is 0 Å². The molecule has 7 heteroatoms. The fraction of sp³-hybridized carbons (Fsp3) is 0.750. The predicted molar refractivity (Wildman–Crippen MR) is 76.9 cm³/mol. The van der Waals surface area contributed by atoms with Crippen LogP contribution in [0.3, 0.4) is 0 Å². The molecule has 0 aromatic carbocycles. The number of hydrogen-bond acceptors (Lipinski definition) is 6. The van der Waals surface area contributed by atoms with Crippen LogP contribution in [0.25, 0.3) is 0 Å². The van der Waals surface area contributed by atoms with Gasteiger partial charge in [-0.05, 0) is 25.7 Å². The van der Waals surface area contributed by atoms with Crippen LogP contribution >= 0.6 is 23.3 Å². The Balaban J connectivity index is 1.88. The van der Waals surface area contributed by atoms with Crippen LogP contribution in [-0.4, -0.2) is 39.7 Å². The van der Waals surface area contributed by atoms with Gasteiger partial charge in [0.25, 0.3) is 10.4 Å². The van der Waals surface area contributed by atoms with E-state index in [2.05, 4.69) is 16.3 Å². The van der Waals surface area contributed by atoms with Crippen molar-refractivity contribution >= 4 is 28.5 Å². The highest BCUT2D eigenvalue weighted by Crippen LogP contribution is 2.31. The van der Waals surface area contributed by atoms with Gasteiger partial charge in [-0.3, -0.25) is 4.79 Å². The molecule has 0 spiro atoms. The summed E-state index contributed by atoms with van der Waals surface area (Å²) in [5.74, 6) is 0.628.